The van der Waals surface area contributed by atoms with Crippen LogP contribution in [0.5, 0.6) is 11.5 Å². The molecule has 4 rings (SSSR count). The molecule has 30 heavy (non-hydrogen) atoms. The molecule has 1 saturated heterocycles. The number of carbonyl (C=O) groups is 2. The zero-order valence-electron chi connectivity index (χ0n) is 17.3. The number of hydrogen-bond acceptors (Lipinski definition) is 4. The molecule has 0 atom stereocenters. The van der Waals surface area contributed by atoms with Crippen LogP contribution in [-0.4, -0.2) is 37.0 Å². The predicted octanol–water partition coefficient (Wildman–Crippen LogP) is 4.48. The van der Waals surface area contributed by atoms with E-state index < -0.39 is 0 Å². The summed E-state index contributed by atoms with van der Waals surface area (Å²) in [5.74, 6) is 0.711. The van der Waals surface area contributed by atoms with Crippen LogP contribution in [0.1, 0.15) is 36.8 Å². The number of hydrogen-bond donors (Lipinski definition) is 0. The molecule has 0 radical (unpaired) electrons. The van der Waals surface area contributed by atoms with Gasteiger partial charge in [-0.2, -0.15) is 0 Å². The summed E-state index contributed by atoms with van der Waals surface area (Å²) in [6.07, 6.45) is 8.22. The fourth-order valence-electron chi connectivity index (χ4n) is 3.90. The van der Waals surface area contributed by atoms with Crippen LogP contribution >= 0.6 is 0 Å². The van der Waals surface area contributed by atoms with Gasteiger partial charge in [-0.15, -0.1) is 0 Å². The van der Waals surface area contributed by atoms with E-state index in [0.717, 1.165) is 28.9 Å². The number of imide groups is 1. The molecule has 2 fully saturated rings. The maximum Gasteiger partial charge on any atom is 0.261 e. The van der Waals surface area contributed by atoms with E-state index in [0.29, 0.717) is 22.6 Å². The highest BCUT2D eigenvalue weighted by molar-refractivity contribution is 6.28. The summed E-state index contributed by atoms with van der Waals surface area (Å²) in [6, 6.07) is 15.1. The Kier molecular flexibility index (Phi) is 5.70. The fraction of sp³-hybridized carbons (Fsp3) is 0.280. The Balaban J connectivity index is 1.68. The Hall–Kier alpha value is -3.34. The number of ether oxygens (including phenoxy) is 2. The maximum absolute atomic E-state index is 12.7. The fourth-order valence-corrected chi connectivity index (χ4v) is 3.90. The quantitative estimate of drug-likeness (QED) is 0.546. The van der Waals surface area contributed by atoms with Crippen molar-refractivity contribution in [2.75, 3.05) is 14.2 Å². The van der Waals surface area contributed by atoms with E-state index in [1.807, 2.05) is 48.5 Å². The second-order valence-corrected chi connectivity index (χ2v) is 7.63. The van der Waals surface area contributed by atoms with Crippen molar-refractivity contribution in [2.24, 2.45) is 0 Å². The van der Waals surface area contributed by atoms with Crippen molar-refractivity contribution in [1.29, 1.82) is 0 Å². The smallest absolute Gasteiger partial charge is 0.261 e. The molecular weight excluding hydrogens is 378 g/mol. The molecule has 2 amide bonds. The van der Waals surface area contributed by atoms with Gasteiger partial charge in [0.1, 0.15) is 0 Å². The number of amides is 2. The Labute approximate surface area is 176 Å². The molecule has 1 aliphatic heterocycles. The summed E-state index contributed by atoms with van der Waals surface area (Å²) in [5, 5.41) is 0. The van der Waals surface area contributed by atoms with Crippen LogP contribution in [0, 0.1) is 0 Å². The Morgan fingerprint density at radius 2 is 1.50 bits per heavy atom. The van der Waals surface area contributed by atoms with Crippen LogP contribution in [-0.2, 0) is 9.59 Å². The number of benzene rings is 2. The van der Waals surface area contributed by atoms with Crippen LogP contribution < -0.4 is 9.47 Å². The minimum Gasteiger partial charge on any atom is -0.493 e. The summed E-state index contributed by atoms with van der Waals surface area (Å²) >= 11 is 0. The molecule has 0 bridgehead atoms. The molecule has 2 aromatic rings. The Bertz CT molecular complexity index is 1020. The third kappa shape index (κ3) is 4.01. The molecular formula is C25H25NO4. The zero-order valence-corrected chi connectivity index (χ0v) is 17.3. The molecule has 5 heteroatoms. The summed E-state index contributed by atoms with van der Waals surface area (Å²) in [5.41, 5.74) is 2.40. The van der Waals surface area contributed by atoms with Gasteiger partial charge in [0, 0.05) is 7.05 Å². The lowest BCUT2D eigenvalue weighted by Crippen LogP contribution is -2.24. The second-order valence-electron chi connectivity index (χ2n) is 7.63. The van der Waals surface area contributed by atoms with E-state index in [1.54, 1.807) is 19.3 Å². The van der Waals surface area contributed by atoms with Gasteiger partial charge in [-0.3, -0.25) is 14.5 Å². The van der Waals surface area contributed by atoms with E-state index in [1.165, 1.54) is 19.9 Å². The highest BCUT2D eigenvalue weighted by atomic mass is 16.5. The molecule has 0 N–H and O–H groups in total. The molecule has 0 aromatic heterocycles. The molecule has 1 saturated carbocycles. The van der Waals surface area contributed by atoms with Crippen molar-refractivity contribution in [1.82, 2.24) is 4.90 Å². The van der Waals surface area contributed by atoms with E-state index in [9.17, 15) is 9.59 Å². The zero-order chi connectivity index (χ0) is 21.1. The van der Waals surface area contributed by atoms with Gasteiger partial charge in [-0.05, 0) is 61.1 Å². The summed E-state index contributed by atoms with van der Waals surface area (Å²) in [6.45, 7) is 0. The summed E-state index contributed by atoms with van der Waals surface area (Å²) in [4.78, 5) is 26.5. The highest BCUT2D eigenvalue weighted by Crippen LogP contribution is 2.34. The minimum absolute atomic E-state index is 0.228. The van der Waals surface area contributed by atoms with E-state index >= 15 is 0 Å². The minimum atomic E-state index is -0.313. The third-order valence-electron chi connectivity index (χ3n) is 5.57. The normalized spacial score (nSPS) is 19.9. The van der Waals surface area contributed by atoms with E-state index in [2.05, 4.69) is 0 Å². The largest absolute Gasteiger partial charge is 0.493 e. The van der Waals surface area contributed by atoms with E-state index in [4.69, 9.17) is 9.47 Å². The van der Waals surface area contributed by atoms with Crippen molar-refractivity contribution in [2.45, 2.75) is 31.8 Å². The van der Waals surface area contributed by atoms with Gasteiger partial charge in [0.15, 0.2) is 11.5 Å². The van der Waals surface area contributed by atoms with Crippen molar-refractivity contribution in [3.05, 3.63) is 70.8 Å². The van der Waals surface area contributed by atoms with Gasteiger partial charge in [0.2, 0.25) is 0 Å². The maximum atomic E-state index is 12.7. The topological polar surface area (TPSA) is 55.8 Å². The first kappa shape index (κ1) is 20.0. The first-order valence-electron chi connectivity index (χ1n) is 10.2. The number of nitrogens with zero attached hydrogens (tertiary/aromatic N) is 1. The summed E-state index contributed by atoms with van der Waals surface area (Å²) < 4.78 is 11.6. The SMILES string of the molecule is COc1cc(/C=C2\C(=O)N(C)C(=O)\C2=C\c2ccccc2)ccc1OC1CCCC1. The molecule has 2 aliphatic rings. The number of likely N-dealkylation sites (tertiary alicyclic amines) is 1. The Morgan fingerprint density at radius 3 is 2.13 bits per heavy atom. The molecule has 154 valence electrons. The number of methoxy groups -OCH3 is 1. The van der Waals surface area contributed by atoms with E-state index in [-0.39, 0.29) is 17.9 Å². The molecule has 0 unspecified atom stereocenters. The lowest BCUT2D eigenvalue weighted by atomic mass is 10.0. The van der Waals surface area contributed by atoms with Crippen LogP contribution in [0.2, 0.25) is 0 Å². The first-order valence-corrected chi connectivity index (χ1v) is 10.2. The first-order chi connectivity index (χ1) is 14.6. The summed E-state index contributed by atoms with van der Waals surface area (Å²) in [7, 11) is 3.11. The van der Waals surface area contributed by atoms with Gasteiger partial charge in [0.25, 0.3) is 11.8 Å². The second kappa shape index (κ2) is 8.57. The predicted molar refractivity (Wildman–Crippen MR) is 116 cm³/mol. The van der Waals surface area contributed by atoms with Crippen LogP contribution in [0.25, 0.3) is 12.2 Å². The van der Waals surface area contributed by atoms with Crippen molar-refractivity contribution in [3.8, 4) is 11.5 Å². The van der Waals surface area contributed by atoms with Gasteiger partial charge >= 0.3 is 0 Å². The lowest BCUT2D eigenvalue weighted by Gasteiger charge is -2.16. The van der Waals surface area contributed by atoms with Crippen molar-refractivity contribution in [3.63, 3.8) is 0 Å². The third-order valence-corrected chi connectivity index (χ3v) is 5.57. The number of carbonyl (C=O) groups excluding carboxylic acids is 2. The number of likely N-dealkylation sites (N-methyl/N-ethyl adjacent to an activating group) is 1. The van der Waals surface area contributed by atoms with Crippen molar-refractivity contribution < 1.29 is 19.1 Å². The molecule has 1 aliphatic carbocycles. The lowest BCUT2D eigenvalue weighted by molar-refractivity contribution is -0.134. The van der Waals surface area contributed by atoms with Crippen LogP contribution in [0.15, 0.2) is 59.7 Å². The van der Waals surface area contributed by atoms with Gasteiger partial charge in [-0.1, -0.05) is 36.4 Å². The standard InChI is InChI=1S/C25H25NO4/c1-26-24(27)20(14-17-8-4-3-5-9-17)21(25(26)28)15-18-12-13-22(23(16-18)29-2)30-19-10-6-7-11-19/h3-5,8-9,12-16,19H,6-7,10-11H2,1-2H3/b20-14+,21-15-. The monoisotopic (exact) mass is 403 g/mol. The molecule has 2 aromatic carbocycles. The number of rotatable bonds is 5. The van der Waals surface area contributed by atoms with Crippen LogP contribution in [0.4, 0.5) is 0 Å². The molecule has 0 spiro atoms. The average molecular weight is 403 g/mol. The average Bonchev–Trinajstić information content (AvgIpc) is 3.35. The highest BCUT2D eigenvalue weighted by Gasteiger charge is 2.36. The van der Waals surface area contributed by atoms with Gasteiger partial charge < -0.3 is 9.47 Å². The van der Waals surface area contributed by atoms with Gasteiger partial charge in [-0.25, -0.2) is 0 Å². The molecule has 5 nitrogen and oxygen atoms in total. The van der Waals surface area contributed by atoms with Crippen molar-refractivity contribution >= 4 is 24.0 Å². The molecule has 1 heterocycles. The Morgan fingerprint density at radius 1 is 0.867 bits per heavy atom. The van der Waals surface area contributed by atoms with Crippen LogP contribution in [0.3, 0.4) is 0 Å². The van der Waals surface area contributed by atoms with Gasteiger partial charge in [0.05, 0.1) is 24.4 Å².